The summed E-state index contributed by atoms with van der Waals surface area (Å²) in [6, 6.07) is 0. The maximum Gasteiger partial charge on any atom is 0.234 e. The lowest BCUT2D eigenvalue weighted by Crippen LogP contribution is -1.85. The van der Waals surface area contributed by atoms with Gasteiger partial charge in [-0.15, -0.1) is 0 Å². The van der Waals surface area contributed by atoms with Crippen molar-refractivity contribution < 1.29 is 4.79 Å². The number of hydrogen-bond acceptors (Lipinski definition) is 3. The van der Waals surface area contributed by atoms with Crippen molar-refractivity contribution in [3.8, 4) is 0 Å². The van der Waals surface area contributed by atoms with Crippen LogP contribution >= 0.6 is 12.6 Å². The third-order valence-electron chi connectivity index (χ3n) is 8.74. The molecule has 0 saturated heterocycles. The second-order valence-corrected chi connectivity index (χ2v) is 13.2. The molecule has 238 valence electrons. The monoisotopic (exact) mass is 580 g/mol. The fraction of sp³-hybridized carbons (Fsp3) is 0.973. The molecule has 3 heteroatoms. The molecule has 0 aliphatic heterocycles. The first-order chi connectivity index (χ1) is 19.9. The lowest BCUT2D eigenvalue weighted by Gasteiger charge is -2.05. The molecule has 0 aromatic carbocycles. The van der Waals surface area contributed by atoms with Crippen LogP contribution in [0.15, 0.2) is 4.99 Å². The summed E-state index contributed by atoms with van der Waals surface area (Å²) in [4.78, 5) is 13.6. The quantitative estimate of drug-likeness (QED) is 0.0340. The highest BCUT2D eigenvalue weighted by Gasteiger charge is 1.97. The number of hydrogen-bond donors (Lipinski definition) is 1. The van der Waals surface area contributed by atoms with E-state index in [9.17, 15) is 4.79 Å². The van der Waals surface area contributed by atoms with E-state index in [4.69, 9.17) is 0 Å². The van der Waals surface area contributed by atoms with Crippen LogP contribution in [0.4, 0.5) is 0 Å². The fourth-order valence-corrected chi connectivity index (χ4v) is 6.23. The first-order valence-corrected chi connectivity index (χ1v) is 19.2. The number of thiol groups is 1. The average Bonchev–Trinajstić information content (AvgIpc) is 2.97. The maximum absolute atomic E-state index is 9.99. The van der Waals surface area contributed by atoms with Crippen LogP contribution < -0.4 is 0 Å². The largest absolute Gasteiger partial charge is 0.234 e. The molecule has 0 amide bonds. The van der Waals surface area contributed by atoms with Gasteiger partial charge in [-0.25, -0.2) is 9.79 Å². The molecule has 0 spiro atoms. The number of rotatable bonds is 36. The minimum Gasteiger partial charge on any atom is -0.211 e. The summed E-state index contributed by atoms with van der Waals surface area (Å²) in [5, 5.41) is 0. The Balaban J connectivity index is 3.03. The molecule has 0 unspecified atom stereocenters. The maximum atomic E-state index is 9.99. The molecule has 2 nitrogen and oxygen atoms in total. The van der Waals surface area contributed by atoms with E-state index in [0.29, 0.717) is 6.54 Å². The van der Waals surface area contributed by atoms with Crippen LogP contribution in [0.2, 0.25) is 0 Å². The molecule has 0 rings (SSSR count). The highest BCUT2D eigenvalue weighted by molar-refractivity contribution is 7.80. The van der Waals surface area contributed by atoms with Crippen LogP contribution in [-0.4, -0.2) is 18.4 Å². The van der Waals surface area contributed by atoms with Gasteiger partial charge in [0.2, 0.25) is 6.08 Å². The van der Waals surface area contributed by atoms with Gasteiger partial charge in [0.15, 0.2) is 0 Å². The van der Waals surface area contributed by atoms with Gasteiger partial charge in [-0.1, -0.05) is 205 Å². The van der Waals surface area contributed by atoms with Crippen LogP contribution in [0.5, 0.6) is 0 Å². The molecular formula is C37H73NOS. The Hall–Kier alpha value is -0.270. The topological polar surface area (TPSA) is 29.4 Å². The van der Waals surface area contributed by atoms with Gasteiger partial charge in [0.25, 0.3) is 0 Å². The van der Waals surface area contributed by atoms with E-state index in [1.807, 2.05) is 0 Å². The zero-order valence-corrected chi connectivity index (χ0v) is 28.2. The highest BCUT2D eigenvalue weighted by atomic mass is 32.1. The van der Waals surface area contributed by atoms with Gasteiger partial charge < -0.3 is 0 Å². The van der Waals surface area contributed by atoms with E-state index < -0.39 is 0 Å². The Morgan fingerprint density at radius 3 is 0.650 bits per heavy atom. The van der Waals surface area contributed by atoms with Crippen molar-refractivity contribution in [3.63, 3.8) is 0 Å². The van der Waals surface area contributed by atoms with Gasteiger partial charge in [0.1, 0.15) is 0 Å². The van der Waals surface area contributed by atoms with Crippen molar-refractivity contribution in [1.82, 2.24) is 0 Å². The molecule has 0 aliphatic carbocycles. The Morgan fingerprint density at radius 1 is 0.300 bits per heavy atom. The molecule has 0 saturated carbocycles. The lowest BCUT2D eigenvalue weighted by atomic mass is 10.0. The molecule has 0 atom stereocenters. The SMILES string of the molecule is O=C=NCCCCCCCCCCCCCCCCCCCCCCCCCCCCCCCCCCCCS. The van der Waals surface area contributed by atoms with E-state index in [-0.39, 0.29) is 0 Å². The van der Waals surface area contributed by atoms with Crippen molar-refractivity contribution >= 4 is 18.7 Å². The molecule has 0 heterocycles. The van der Waals surface area contributed by atoms with E-state index >= 15 is 0 Å². The molecule has 40 heavy (non-hydrogen) atoms. The summed E-state index contributed by atoms with van der Waals surface area (Å²) in [7, 11) is 0. The molecule has 0 fully saturated rings. The lowest BCUT2D eigenvalue weighted by molar-refractivity contribution is 0.511. The summed E-state index contributed by atoms with van der Waals surface area (Å²) in [6.45, 7) is 0.669. The number of aliphatic imine (C=N–C) groups is 1. The first-order valence-electron chi connectivity index (χ1n) is 18.6. The average molecular weight is 580 g/mol. The molecular weight excluding hydrogens is 506 g/mol. The Morgan fingerprint density at radius 2 is 0.475 bits per heavy atom. The summed E-state index contributed by atoms with van der Waals surface area (Å²) < 4.78 is 0. The van der Waals surface area contributed by atoms with Crippen LogP contribution in [0.3, 0.4) is 0 Å². The second kappa shape index (κ2) is 38.7. The summed E-state index contributed by atoms with van der Waals surface area (Å²) in [6.07, 6.45) is 50.1. The van der Waals surface area contributed by atoms with Gasteiger partial charge >= 0.3 is 0 Å². The highest BCUT2D eigenvalue weighted by Crippen LogP contribution is 2.17. The van der Waals surface area contributed by atoms with Crippen LogP contribution in [0.25, 0.3) is 0 Å². The van der Waals surface area contributed by atoms with Crippen molar-refractivity contribution in [3.05, 3.63) is 0 Å². The molecule has 0 aromatic rings. The van der Waals surface area contributed by atoms with Gasteiger partial charge in [-0.2, -0.15) is 12.6 Å². The second-order valence-electron chi connectivity index (χ2n) is 12.7. The molecule has 0 aromatic heterocycles. The first kappa shape index (κ1) is 39.7. The van der Waals surface area contributed by atoms with Gasteiger partial charge in [-0.05, 0) is 18.6 Å². The van der Waals surface area contributed by atoms with Crippen LogP contribution in [0, 0.1) is 0 Å². The zero-order valence-electron chi connectivity index (χ0n) is 27.3. The smallest absolute Gasteiger partial charge is 0.211 e. The molecule has 0 bridgehead atoms. The van der Waals surface area contributed by atoms with E-state index in [1.165, 1.54) is 212 Å². The zero-order chi connectivity index (χ0) is 28.9. The van der Waals surface area contributed by atoms with Gasteiger partial charge in [0.05, 0.1) is 6.54 Å². The number of isocyanates is 1. The molecule has 0 radical (unpaired) electrons. The predicted molar refractivity (Wildman–Crippen MR) is 184 cm³/mol. The Bertz CT molecular complexity index is 491. The third kappa shape index (κ3) is 37.7. The summed E-state index contributed by atoms with van der Waals surface area (Å²) in [5.41, 5.74) is 0. The van der Waals surface area contributed by atoms with Gasteiger partial charge in [-0.3, -0.25) is 0 Å². The van der Waals surface area contributed by atoms with Crippen molar-refractivity contribution in [2.45, 2.75) is 218 Å². The molecule has 0 aliphatic rings. The predicted octanol–water partition coefficient (Wildman–Crippen LogP) is 13.5. The van der Waals surface area contributed by atoms with Crippen molar-refractivity contribution in [1.29, 1.82) is 0 Å². The summed E-state index contributed by atoms with van der Waals surface area (Å²) >= 11 is 4.29. The number of carbonyl (C=O) groups excluding carboxylic acids is 1. The Kier molecular flexibility index (Phi) is 38.5. The van der Waals surface area contributed by atoms with Crippen molar-refractivity contribution in [2.24, 2.45) is 4.99 Å². The van der Waals surface area contributed by atoms with Crippen molar-refractivity contribution in [2.75, 3.05) is 12.3 Å². The normalized spacial score (nSPS) is 11.2. The van der Waals surface area contributed by atoms with E-state index in [2.05, 4.69) is 17.6 Å². The minimum atomic E-state index is 0.669. The standard InChI is InChI=1S/C37H73NOS/c39-37-38-35-33-31-29-27-25-23-21-19-17-15-13-11-9-7-5-3-1-2-4-6-8-10-12-14-16-18-20-22-24-26-28-30-32-34-36-40/h40H,1-36H2. The van der Waals surface area contributed by atoms with Gasteiger partial charge in [0, 0.05) is 0 Å². The summed E-state index contributed by atoms with van der Waals surface area (Å²) in [5.74, 6) is 1.06. The Labute approximate surface area is 258 Å². The minimum absolute atomic E-state index is 0.669. The number of nitrogens with zero attached hydrogens (tertiary/aromatic N) is 1. The molecule has 0 N–H and O–H groups in total. The third-order valence-corrected chi connectivity index (χ3v) is 9.06. The fourth-order valence-electron chi connectivity index (χ4n) is 6.01. The van der Waals surface area contributed by atoms with E-state index in [0.717, 1.165) is 12.2 Å². The van der Waals surface area contributed by atoms with Crippen LogP contribution in [0.1, 0.15) is 218 Å². The van der Waals surface area contributed by atoms with E-state index in [1.54, 1.807) is 6.08 Å². The van der Waals surface area contributed by atoms with Crippen LogP contribution in [-0.2, 0) is 4.79 Å². The number of unbranched alkanes of at least 4 members (excludes halogenated alkanes) is 33.